The Hall–Kier alpha value is -2.21. The van der Waals surface area contributed by atoms with Crippen LogP contribution in [0.5, 0.6) is 11.5 Å². The van der Waals surface area contributed by atoms with Crippen LogP contribution in [0, 0.1) is 0 Å². The summed E-state index contributed by atoms with van der Waals surface area (Å²) in [5.41, 5.74) is 1.07. The second kappa shape index (κ2) is 9.82. The van der Waals surface area contributed by atoms with Gasteiger partial charge >= 0.3 is 6.03 Å². The predicted molar refractivity (Wildman–Crippen MR) is 97.7 cm³/mol. The lowest BCUT2D eigenvalue weighted by atomic mass is 10.1. The fourth-order valence-corrected chi connectivity index (χ4v) is 2.41. The van der Waals surface area contributed by atoms with Crippen molar-refractivity contribution >= 4 is 22.0 Å². The van der Waals surface area contributed by atoms with Crippen molar-refractivity contribution < 1.29 is 14.3 Å². The lowest BCUT2D eigenvalue weighted by molar-refractivity contribution is 0.236. The molecule has 0 saturated carbocycles. The second-order valence-corrected chi connectivity index (χ2v) is 5.96. The van der Waals surface area contributed by atoms with Gasteiger partial charge in [-0.1, -0.05) is 34.1 Å². The number of methoxy groups -OCH3 is 1. The highest BCUT2D eigenvalue weighted by atomic mass is 79.9. The van der Waals surface area contributed by atoms with Crippen LogP contribution in [0.15, 0.2) is 53.0 Å². The monoisotopic (exact) mass is 392 g/mol. The van der Waals surface area contributed by atoms with Crippen LogP contribution in [-0.2, 0) is 6.42 Å². The highest BCUT2D eigenvalue weighted by molar-refractivity contribution is 9.10. The first-order chi connectivity index (χ1) is 11.7. The average molecular weight is 393 g/mol. The number of hydrogen-bond acceptors (Lipinski definition) is 3. The summed E-state index contributed by atoms with van der Waals surface area (Å²) in [6.45, 7) is 1.40. The van der Waals surface area contributed by atoms with Crippen molar-refractivity contribution in [2.75, 3.05) is 26.8 Å². The minimum absolute atomic E-state index is 0.204. The second-order valence-electron chi connectivity index (χ2n) is 5.05. The largest absolute Gasteiger partial charge is 0.496 e. The van der Waals surface area contributed by atoms with Gasteiger partial charge in [-0.05, 0) is 42.3 Å². The van der Waals surface area contributed by atoms with Gasteiger partial charge in [-0.25, -0.2) is 4.79 Å². The van der Waals surface area contributed by atoms with E-state index in [1.165, 1.54) is 0 Å². The molecule has 0 aromatic heterocycles. The maximum Gasteiger partial charge on any atom is 0.314 e. The molecule has 0 aliphatic rings. The standard InChI is InChI=1S/C18H21BrN2O3/c1-23-17-5-3-2-4-14(17)10-11-20-18(22)21-12-13-24-16-8-6-15(19)7-9-16/h2-9H,10-13H2,1H3,(H2,20,21,22). The van der Waals surface area contributed by atoms with Gasteiger partial charge in [0.1, 0.15) is 18.1 Å². The molecule has 0 heterocycles. The van der Waals surface area contributed by atoms with Crippen LogP contribution in [0.2, 0.25) is 0 Å². The molecule has 0 saturated heterocycles. The molecule has 0 bridgehead atoms. The summed E-state index contributed by atoms with van der Waals surface area (Å²) in [6.07, 6.45) is 0.715. The molecule has 0 radical (unpaired) electrons. The lowest BCUT2D eigenvalue weighted by Gasteiger charge is -2.10. The fraction of sp³-hybridized carbons (Fsp3) is 0.278. The zero-order chi connectivity index (χ0) is 17.2. The van der Waals surface area contributed by atoms with E-state index in [0.717, 1.165) is 21.5 Å². The normalized spacial score (nSPS) is 10.1. The summed E-state index contributed by atoms with van der Waals surface area (Å²) < 4.78 is 11.8. The zero-order valence-electron chi connectivity index (χ0n) is 13.5. The predicted octanol–water partition coefficient (Wildman–Crippen LogP) is 3.38. The highest BCUT2D eigenvalue weighted by Gasteiger charge is 2.03. The number of amides is 2. The number of nitrogens with one attached hydrogen (secondary N) is 2. The van der Waals surface area contributed by atoms with Crippen LogP contribution in [0.3, 0.4) is 0 Å². The van der Waals surface area contributed by atoms with Crippen molar-refractivity contribution in [3.8, 4) is 11.5 Å². The summed E-state index contributed by atoms with van der Waals surface area (Å²) in [5, 5.41) is 5.58. The van der Waals surface area contributed by atoms with E-state index >= 15 is 0 Å². The molecule has 2 rings (SSSR count). The molecular weight excluding hydrogens is 372 g/mol. The van der Waals surface area contributed by atoms with Crippen LogP contribution in [-0.4, -0.2) is 32.8 Å². The van der Waals surface area contributed by atoms with Crippen LogP contribution < -0.4 is 20.1 Å². The molecule has 2 N–H and O–H groups in total. The van der Waals surface area contributed by atoms with Gasteiger partial charge in [-0.2, -0.15) is 0 Å². The van der Waals surface area contributed by atoms with Crippen LogP contribution in [0.4, 0.5) is 4.79 Å². The maximum absolute atomic E-state index is 11.7. The van der Waals surface area contributed by atoms with Crippen molar-refractivity contribution in [2.45, 2.75) is 6.42 Å². The molecule has 0 unspecified atom stereocenters. The summed E-state index contributed by atoms with van der Waals surface area (Å²) in [6, 6.07) is 15.1. The third-order valence-electron chi connectivity index (χ3n) is 3.34. The highest BCUT2D eigenvalue weighted by Crippen LogP contribution is 2.17. The molecule has 6 heteroatoms. The Labute approximate surface area is 150 Å². The molecule has 2 aromatic carbocycles. The first-order valence-corrected chi connectivity index (χ1v) is 8.50. The first-order valence-electron chi connectivity index (χ1n) is 7.71. The third kappa shape index (κ3) is 6.12. The van der Waals surface area contributed by atoms with Crippen molar-refractivity contribution in [1.82, 2.24) is 10.6 Å². The van der Waals surface area contributed by atoms with E-state index in [9.17, 15) is 4.79 Å². The Morgan fingerprint density at radius 1 is 1.04 bits per heavy atom. The van der Waals surface area contributed by atoms with Crippen molar-refractivity contribution in [1.29, 1.82) is 0 Å². The Kier molecular flexibility index (Phi) is 7.42. The summed E-state index contributed by atoms with van der Waals surface area (Å²) in [7, 11) is 1.64. The lowest BCUT2D eigenvalue weighted by Crippen LogP contribution is -2.38. The maximum atomic E-state index is 11.7. The van der Waals surface area contributed by atoms with Crippen molar-refractivity contribution in [3.63, 3.8) is 0 Å². The topological polar surface area (TPSA) is 59.6 Å². The number of benzene rings is 2. The van der Waals surface area contributed by atoms with Gasteiger partial charge in [0.05, 0.1) is 13.7 Å². The summed E-state index contributed by atoms with van der Waals surface area (Å²) in [4.78, 5) is 11.7. The van der Waals surface area contributed by atoms with Gasteiger partial charge in [-0.15, -0.1) is 0 Å². The van der Waals surface area contributed by atoms with E-state index in [4.69, 9.17) is 9.47 Å². The molecule has 0 fully saturated rings. The average Bonchev–Trinajstić information content (AvgIpc) is 2.60. The molecule has 0 atom stereocenters. The Bertz CT molecular complexity index is 647. The molecule has 128 valence electrons. The number of carbonyl (C=O) groups excluding carboxylic acids is 1. The van der Waals surface area contributed by atoms with Crippen molar-refractivity contribution in [2.24, 2.45) is 0 Å². The van der Waals surface area contributed by atoms with Gasteiger partial charge in [0.2, 0.25) is 0 Å². The number of hydrogen-bond donors (Lipinski definition) is 2. The van der Waals surface area contributed by atoms with E-state index in [-0.39, 0.29) is 6.03 Å². The smallest absolute Gasteiger partial charge is 0.314 e. The Balaban J connectivity index is 1.60. The fourth-order valence-electron chi connectivity index (χ4n) is 2.15. The van der Waals surface area contributed by atoms with Gasteiger partial charge < -0.3 is 20.1 Å². The van der Waals surface area contributed by atoms with E-state index < -0.39 is 0 Å². The van der Waals surface area contributed by atoms with Crippen molar-refractivity contribution in [3.05, 3.63) is 58.6 Å². The molecular formula is C18H21BrN2O3. The van der Waals surface area contributed by atoms with Gasteiger partial charge in [0.25, 0.3) is 0 Å². The van der Waals surface area contributed by atoms with E-state index in [2.05, 4.69) is 26.6 Å². The summed E-state index contributed by atoms with van der Waals surface area (Å²) >= 11 is 3.37. The van der Waals surface area contributed by atoms with E-state index in [1.807, 2.05) is 48.5 Å². The molecule has 0 aliphatic carbocycles. The third-order valence-corrected chi connectivity index (χ3v) is 3.87. The number of carbonyl (C=O) groups is 1. The number of rotatable bonds is 8. The molecule has 5 nitrogen and oxygen atoms in total. The van der Waals surface area contributed by atoms with E-state index in [1.54, 1.807) is 7.11 Å². The molecule has 24 heavy (non-hydrogen) atoms. The Morgan fingerprint density at radius 2 is 1.75 bits per heavy atom. The quantitative estimate of drug-likeness (QED) is 0.676. The molecule has 0 spiro atoms. The van der Waals surface area contributed by atoms with Gasteiger partial charge in [0.15, 0.2) is 0 Å². The van der Waals surface area contributed by atoms with Gasteiger partial charge in [0, 0.05) is 11.0 Å². The number of ether oxygens (including phenoxy) is 2. The molecule has 2 amide bonds. The van der Waals surface area contributed by atoms with Crippen LogP contribution in [0.25, 0.3) is 0 Å². The number of halogens is 1. The van der Waals surface area contributed by atoms with Gasteiger partial charge in [-0.3, -0.25) is 0 Å². The zero-order valence-corrected chi connectivity index (χ0v) is 15.1. The minimum Gasteiger partial charge on any atom is -0.496 e. The molecule has 0 aliphatic heterocycles. The SMILES string of the molecule is COc1ccccc1CCNC(=O)NCCOc1ccc(Br)cc1. The molecule has 2 aromatic rings. The van der Waals surface area contributed by atoms with E-state index in [0.29, 0.717) is 26.1 Å². The minimum atomic E-state index is -0.204. The first kappa shape index (κ1) is 18.1. The van der Waals surface area contributed by atoms with Crippen LogP contribution in [0.1, 0.15) is 5.56 Å². The Morgan fingerprint density at radius 3 is 2.50 bits per heavy atom. The number of para-hydroxylation sites is 1. The van der Waals surface area contributed by atoms with Crippen LogP contribution >= 0.6 is 15.9 Å². The number of urea groups is 1. The summed E-state index contributed by atoms with van der Waals surface area (Å²) in [5.74, 6) is 1.61.